The molecule has 0 radical (unpaired) electrons. The van der Waals surface area contributed by atoms with Gasteiger partial charge in [-0.2, -0.15) is 0 Å². The van der Waals surface area contributed by atoms with Crippen molar-refractivity contribution in [3.05, 3.63) is 59.6 Å². The number of hydrogen-bond donors (Lipinski definition) is 3. The van der Waals surface area contributed by atoms with Crippen LogP contribution in [0.25, 0.3) is 0 Å². The Balaban J connectivity index is 1.71. The molecule has 1 aromatic heterocycles. The summed E-state index contributed by atoms with van der Waals surface area (Å²) >= 11 is 0. The van der Waals surface area contributed by atoms with E-state index in [0.717, 1.165) is 12.1 Å². The Morgan fingerprint density at radius 2 is 1.84 bits per heavy atom. The van der Waals surface area contributed by atoms with Gasteiger partial charge in [-0.3, -0.25) is 4.79 Å². The Morgan fingerprint density at radius 3 is 2.48 bits per heavy atom. The summed E-state index contributed by atoms with van der Waals surface area (Å²) in [5.41, 5.74) is -0.0912. The fourth-order valence-electron chi connectivity index (χ4n) is 2.18. The molecule has 0 saturated carbocycles. The van der Waals surface area contributed by atoms with Crippen LogP contribution in [0.15, 0.2) is 41.0 Å². The van der Waals surface area contributed by atoms with Gasteiger partial charge in [0.05, 0.1) is 19.4 Å². The molecular weight excluding hydrogens is 332 g/mol. The zero-order valence-electron chi connectivity index (χ0n) is 13.6. The third-order valence-electron chi connectivity index (χ3n) is 3.40. The molecule has 3 N–H and O–H groups in total. The predicted octanol–water partition coefficient (Wildman–Crippen LogP) is 2.10. The average molecular weight is 351 g/mol. The molecule has 0 aliphatic rings. The summed E-state index contributed by atoms with van der Waals surface area (Å²) in [6, 6.07) is 5.90. The molecule has 6 nitrogen and oxygen atoms in total. The number of carbonyl (C=O) groups excluding carboxylic acids is 2. The highest BCUT2D eigenvalue weighted by molar-refractivity contribution is 5.83. The maximum absolute atomic E-state index is 13.6. The SMILES string of the molecule is CC(Cc1c(F)cccc1F)NC(=O)NCC(=O)NCc1ccco1. The molecule has 0 aliphatic heterocycles. The molecule has 2 aromatic rings. The first kappa shape index (κ1) is 18.4. The summed E-state index contributed by atoms with van der Waals surface area (Å²) in [6.07, 6.45) is 1.49. The van der Waals surface area contributed by atoms with E-state index in [-0.39, 0.29) is 31.0 Å². The van der Waals surface area contributed by atoms with Gasteiger partial charge in [-0.25, -0.2) is 13.6 Å². The molecule has 134 valence electrons. The highest BCUT2D eigenvalue weighted by Gasteiger charge is 2.14. The van der Waals surface area contributed by atoms with E-state index in [1.807, 2.05) is 0 Å². The number of benzene rings is 1. The van der Waals surface area contributed by atoms with Crippen molar-refractivity contribution in [1.82, 2.24) is 16.0 Å². The average Bonchev–Trinajstić information content (AvgIpc) is 3.08. The number of nitrogens with one attached hydrogen (secondary N) is 3. The molecule has 8 heteroatoms. The van der Waals surface area contributed by atoms with Gasteiger partial charge < -0.3 is 20.4 Å². The molecule has 0 bridgehead atoms. The van der Waals surface area contributed by atoms with E-state index in [0.29, 0.717) is 5.76 Å². The third-order valence-corrected chi connectivity index (χ3v) is 3.40. The molecule has 0 saturated heterocycles. The Morgan fingerprint density at radius 1 is 1.12 bits per heavy atom. The maximum atomic E-state index is 13.6. The smallest absolute Gasteiger partial charge is 0.315 e. The zero-order chi connectivity index (χ0) is 18.2. The highest BCUT2D eigenvalue weighted by Crippen LogP contribution is 2.14. The molecule has 1 unspecified atom stereocenters. The summed E-state index contributed by atoms with van der Waals surface area (Å²) in [5.74, 6) is -1.12. The van der Waals surface area contributed by atoms with E-state index in [1.165, 1.54) is 12.3 Å². The number of hydrogen-bond acceptors (Lipinski definition) is 3. The van der Waals surface area contributed by atoms with Crippen molar-refractivity contribution in [3.63, 3.8) is 0 Å². The minimum atomic E-state index is -0.661. The van der Waals surface area contributed by atoms with Crippen LogP contribution in [0, 0.1) is 11.6 Å². The summed E-state index contributed by atoms with van der Waals surface area (Å²) in [6.45, 7) is 1.61. The van der Waals surface area contributed by atoms with Crippen molar-refractivity contribution in [2.45, 2.75) is 25.9 Å². The van der Waals surface area contributed by atoms with Crippen LogP contribution in [0.5, 0.6) is 0 Å². The van der Waals surface area contributed by atoms with Crippen molar-refractivity contribution >= 4 is 11.9 Å². The first-order chi connectivity index (χ1) is 12.0. The number of rotatable bonds is 7. The van der Waals surface area contributed by atoms with Gasteiger partial charge in [0.1, 0.15) is 17.4 Å². The van der Waals surface area contributed by atoms with E-state index < -0.39 is 23.7 Å². The van der Waals surface area contributed by atoms with Gasteiger partial charge in [0.15, 0.2) is 0 Å². The molecule has 3 amide bonds. The molecule has 25 heavy (non-hydrogen) atoms. The predicted molar refractivity (Wildman–Crippen MR) is 86.6 cm³/mol. The van der Waals surface area contributed by atoms with Crippen LogP contribution in [0.4, 0.5) is 13.6 Å². The number of carbonyl (C=O) groups is 2. The normalized spacial score (nSPS) is 11.6. The van der Waals surface area contributed by atoms with Crippen LogP contribution in [0.2, 0.25) is 0 Å². The van der Waals surface area contributed by atoms with Gasteiger partial charge in [0, 0.05) is 11.6 Å². The first-order valence-electron chi connectivity index (χ1n) is 7.72. The summed E-state index contributed by atoms with van der Waals surface area (Å²) < 4.78 is 32.2. The molecule has 0 spiro atoms. The van der Waals surface area contributed by atoms with Gasteiger partial charge in [-0.15, -0.1) is 0 Å². The second kappa shape index (κ2) is 8.81. The lowest BCUT2D eigenvalue weighted by atomic mass is 10.1. The summed E-state index contributed by atoms with van der Waals surface area (Å²) in [5, 5.41) is 7.48. The first-order valence-corrected chi connectivity index (χ1v) is 7.72. The standard InChI is InChI=1S/C17H19F2N3O3/c1-11(8-13-14(18)5-2-6-15(13)19)22-17(24)21-10-16(23)20-9-12-4-3-7-25-12/h2-7,11H,8-10H2,1H3,(H,20,23)(H2,21,22,24). The van der Waals surface area contributed by atoms with Gasteiger partial charge >= 0.3 is 6.03 Å². The number of urea groups is 1. The van der Waals surface area contributed by atoms with Crippen molar-refractivity contribution in [2.75, 3.05) is 6.54 Å². The minimum absolute atomic E-state index is 0.00336. The number of amides is 3. The second-order valence-electron chi connectivity index (χ2n) is 5.49. The monoisotopic (exact) mass is 351 g/mol. The van der Waals surface area contributed by atoms with E-state index in [9.17, 15) is 18.4 Å². The van der Waals surface area contributed by atoms with Gasteiger partial charge in [-0.1, -0.05) is 6.07 Å². The van der Waals surface area contributed by atoms with Crippen LogP contribution in [0.3, 0.4) is 0 Å². The van der Waals surface area contributed by atoms with Crippen LogP contribution >= 0.6 is 0 Å². The van der Waals surface area contributed by atoms with E-state index in [2.05, 4.69) is 16.0 Å². The summed E-state index contributed by atoms with van der Waals surface area (Å²) in [4.78, 5) is 23.4. The molecular formula is C17H19F2N3O3. The van der Waals surface area contributed by atoms with E-state index in [1.54, 1.807) is 19.1 Å². The Hall–Kier alpha value is -2.90. The van der Waals surface area contributed by atoms with Gasteiger partial charge in [-0.05, 0) is 37.6 Å². The lowest BCUT2D eigenvalue weighted by molar-refractivity contribution is -0.120. The minimum Gasteiger partial charge on any atom is -0.467 e. The van der Waals surface area contributed by atoms with Crippen molar-refractivity contribution in [3.8, 4) is 0 Å². The molecule has 2 rings (SSSR count). The molecule has 0 aliphatic carbocycles. The van der Waals surface area contributed by atoms with Crippen LogP contribution in [-0.4, -0.2) is 24.5 Å². The molecule has 1 heterocycles. The van der Waals surface area contributed by atoms with Crippen molar-refractivity contribution in [2.24, 2.45) is 0 Å². The number of furan rings is 1. The van der Waals surface area contributed by atoms with E-state index in [4.69, 9.17) is 4.42 Å². The Labute approximate surface area is 143 Å². The lowest BCUT2D eigenvalue weighted by Gasteiger charge is -2.15. The molecule has 1 aromatic carbocycles. The lowest BCUT2D eigenvalue weighted by Crippen LogP contribution is -2.45. The van der Waals surface area contributed by atoms with E-state index >= 15 is 0 Å². The fourth-order valence-corrected chi connectivity index (χ4v) is 2.18. The second-order valence-corrected chi connectivity index (χ2v) is 5.49. The Bertz CT molecular complexity index is 700. The Kier molecular flexibility index (Phi) is 6.50. The zero-order valence-corrected chi connectivity index (χ0v) is 13.6. The van der Waals surface area contributed by atoms with Gasteiger partial charge in [0.2, 0.25) is 5.91 Å². The largest absolute Gasteiger partial charge is 0.467 e. The van der Waals surface area contributed by atoms with Gasteiger partial charge in [0.25, 0.3) is 0 Å². The topological polar surface area (TPSA) is 83.4 Å². The van der Waals surface area contributed by atoms with Crippen molar-refractivity contribution < 1.29 is 22.8 Å². The molecule has 1 atom stereocenters. The van der Waals surface area contributed by atoms with Crippen LogP contribution in [0.1, 0.15) is 18.2 Å². The van der Waals surface area contributed by atoms with Crippen molar-refractivity contribution in [1.29, 1.82) is 0 Å². The molecule has 0 fully saturated rings. The highest BCUT2D eigenvalue weighted by atomic mass is 19.1. The quantitative estimate of drug-likeness (QED) is 0.714. The van der Waals surface area contributed by atoms with Crippen LogP contribution in [-0.2, 0) is 17.8 Å². The van der Waals surface area contributed by atoms with Crippen LogP contribution < -0.4 is 16.0 Å². The summed E-state index contributed by atoms with van der Waals surface area (Å²) in [7, 11) is 0. The number of halogens is 2. The maximum Gasteiger partial charge on any atom is 0.315 e. The fraction of sp³-hybridized carbons (Fsp3) is 0.294. The third kappa shape index (κ3) is 5.91.